The number of para-hydroxylation sites is 2. The molecule has 75 heavy (non-hydrogen) atoms. The Morgan fingerprint density at radius 2 is 0.840 bits per heavy atom. The molecule has 2 N–H and O–H groups in total. The van der Waals surface area contributed by atoms with Gasteiger partial charge in [-0.2, -0.15) is 0 Å². The molecule has 0 atom stereocenters. The zero-order chi connectivity index (χ0) is 51.0. The van der Waals surface area contributed by atoms with Gasteiger partial charge in [0.25, 0.3) is 0 Å². The summed E-state index contributed by atoms with van der Waals surface area (Å²) in [4.78, 5) is 7.89. The summed E-state index contributed by atoms with van der Waals surface area (Å²) in [5, 5.41) is 10.2. The van der Waals surface area contributed by atoms with Crippen molar-refractivity contribution >= 4 is 99.4 Å². The summed E-state index contributed by atoms with van der Waals surface area (Å²) >= 11 is 17.1. The quantitative estimate of drug-likeness (QED) is 0.167. The monoisotopic (exact) mass is 1000 g/mol. The van der Waals surface area contributed by atoms with Crippen molar-refractivity contribution in [3.63, 3.8) is 0 Å². The number of fused-ring (bicyclic) bond motifs is 11. The van der Waals surface area contributed by atoms with Gasteiger partial charge in [-0.1, -0.05) is 181 Å². The number of halogens is 2. The first-order chi connectivity index (χ1) is 36.5. The van der Waals surface area contributed by atoms with Crippen LogP contribution in [0.3, 0.4) is 0 Å². The fourth-order valence-electron chi connectivity index (χ4n) is 13.0. The van der Waals surface area contributed by atoms with Crippen LogP contribution in [0.25, 0.3) is 138 Å². The van der Waals surface area contributed by atoms with Crippen LogP contribution < -0.4 is 0 Å². The van der Waals surface area contributed by atoms with Crippen LogP contribution in [0.15, 0.2) is 188 Å². The molecule has 0 aliphatic heterocycles. The zero-order valence-corrected chi connectivity index (χ0v) is 44.1. The van der Waals surface area contributed by atoms with E-state index in [2.05, 4.69) is 244 Å². The Balaban J connectivity index is 1.23. The Morgan fingerprint density at radius 3 is 1.43 bits per heavy atom. The molecule has 0 saturated carbocycles. The third-order valence-electron chi connectivity index (χ3n) is 16.2. The zero-order valence-electron chi connectivity index (χ0n) is 42.6. The molecule has 3 aromatic heterocycles. The predicted octanol–water partition coefficient (Wildman–Crippen LogP) is 20.7. The number of aromatic amines is 2. The van der Waals surface area contributed by atoms with Crippen LogP contribution in [-0.4, -0.2) is 14.5 Å². The summed E-state index contributed by atoms with van der Waals surface area (Å²) in [6.07, 6.45) is 0. The second kappa shape index (κ2) is 17.1. The average Bonchev–Trinajstić information content (AvgIpc) is 4.23. The number of hydrogen-bond acceptors (Lipinski definition) is 0. The lowest BCUT2D eigenvalue weighted by Crippen LogP contribution is -2.04. The summed E-state index contributed by atoms with van der Waals surface area (Å²) in [7, 11) is 0. The minimum Gasteiger partial charge on any atom is -0.354 e. The third-order valence-corrected chi connectivity index (χ3v) is 16.9. The number of aromatic nitrogens is 3. The maximum Gasteiger partial charge on any atom is 0.0749 e. The Labute approximate surface area is 445 Å². The first-order valence-corrected chi connectivity index (χ1v) is 26.6. The van der Waals surface area contributed by atoms with Crippen molar-refractivity contribution in [3.05, 3.63) is 231 Å². The minimum atomic E-state index is 0.589. The van der Waals surface area contributed by atoms with Crippen LogP contribution in [-0.2, 0) is 0 Å². The smallest absolute Gasteiger partial charge is 0.0749 e. The summed E-state index contributed by atoms with van der Waals surface area (Å²) in [6.45, 7) is 13.3. The van der Waals surface area contributed by atoms with Gasteiger partial charge < -0.3 is 14.5 Å². The molecule has 0 aliphatic rings. The van der Waals surface area contributed by atoms with E-state index in [9.17, 15) is 0 Å². The highest BCUT2D eigenvalue weighted by molar-refractivity contribution is 6.41. The van der Waals surface area contributed by atoms with E-state index >= 15 is 0 Å². The first kappa shape index (κ1) is 45.3. The van der Waals surface area contributed by atoms with E-state index in [1.807, 2.05) is 0 Å². The van der Waals surface area contributed by atoms with Crippen LogP contribution in [0.5, 0.6) is 0 Å². The standard InChI is InChI=1S/C70H51Cl2N3/c1-38-16-13-17-39(2)60(38)45-29-35-59-54(36-45)51-30-28-44-22-7-8-23-46(44)69(51)75(59)70-65(64-53(62-42(5)20-15-21-43(62)6)34-32-50-48-25-10-12-27-58(48)74-68(50)64)56(71)37-55(66(70)72)63-52(61-40(3)18-14-19-41(61)4)33-31-49-47-24-9-11-26-57(47)73-67(49)63/h7-37,73-74H,1-6H3. The van der Waals surface area contributed by atoms with Crippen molar-refractivity contribution in [2.75, 3.05) is 0 Å². The van der Waals surface area contributed by atoms with Gasteiger partial charge in [-0.15, -0.1) is 0 Å². The number of benzene rings is 11. The van der Waals surface area contributed by atoms with Crippen molar-refractivity contribution in [1.82, 2.24) is 14.5 Å². The number of H-pyrrole nitrogens is 2. The van der Waals surface area contributed by atoms with E-state index in [-0.39, 0.29) is 0 Å². The molecule has 0 fully saturated rings. The molecule has 360 valence electrons. The van der Waals surface area contributed by atoms with Gasteiger partial charge >= 0.3 is 0 Å². The van der Waals surface area contributed by atoms with Gasteiger partial charge in [0.05, 0.1) is 37.8 Å². The van der Waals surface area contributed by atoms with E-state index in [4.69, 9.17) is 23.2 Å². The molecule has 3 nitrogen and oxygen atoms in total. The predicted molar refractivity (Wildman–Crippen MR) is 323 cm³/mol. The summed E-state index contributed by atoms with van der Waals surface area (Å²) in [6, 6.07) is 68.4. The molecule has 0 saturated heterocycles. The Bertz CT molecular complexity index is 4690. The van der Waals surface area contributed by atoms with Gasteiger partial charge in [-0.05, 0) is 144 Å². The van der Waals surface area contributed by atoms with Gasteiger partial charge in [0.15, 0.2) is 0 Å². The summed E-state index contributed by atoms with van der Waals surface area (Å²) in [5.74, 6) is 0. The van der Waals surface area contributed by atoms with Gasteiger partial charge in [-0.25, -0.2) is 0 Å². The SMILES string of the molecule is Cc1cccc(C)c1-c1ccc2c(c1)c1ccc3ccccc3c1n2-c1c(Cl)c(-c2c(-c3c(C)cccc3C)ccc3c2[nH]c2ccccc23)cc(Cl)c1-c1c(-c2c(C)cccc2C)ccc2c1[nH]c1ccccc12. The highest BCUT2D eigenvalue weighted by atomic mass is 35.5. The Hall–Kier alpha value is -8.34. The fraction of sp³-hybridized carbons (Fsp3) is 0.0857. The molecule has 0 bridgehead atoms. The molecular formula is C70H51Cl2N3. The molecule has 3 heterocycles. The van der Waals surface area contributed by atoms with Crippen molar-refractivity contribution in [1.29, 1.82) is 0 Å². The molecule has 0 amide bonds. The van der Waals surface area contributed by atoms with Gasteiger partial charge in [0.1, 0.15) is 0 Å². The number of nitrogens with zero attached hydrogens (tertiary/aromatic N) is 1. The molecule has 0 unspecified atom stereocenters. The Kier molecular flexibility index (Phi) is 10.3. The second-order valence-corrected chi connectivity index (χ2v) is 21.4. The highest BCUT2D eigenvalue weighted by Crippen LogP contribution is 2.55. The lowest BCUT2D eigenvalue weighted by molar-refractivity contribution is 1.19. The topological polar surface area (TPSA) is 36.5 Å². The highest BCUT2D eigenvalue weighted by Gasteiger charge is 2.31. The molecule has 5 heteroatoms. The lowest BCUT2D eigenvalue weighted by atomic mass is 9.85. The largest absolute Gasteiger partial charge is 0.354 e. The van der Waals surface area contributed by atoms with Crippen LogP contribution in [0.1, 0.15) is 33.4 Å². The first-order valence-electron chi connectivity index (χ1n) is 25.8. The van der Waals surface area contributed by atoms with E-state index in [1.54, 1.807) is 0 Å². The van der Waals surface area contributed by atoms with Crippen LogP contribution in [0.2, 0.25) is 10.0 Å². The van der Waals surface area contributed by atoms with Crippen LogP contribution in [0, 0.1) is 41.5 Å². The van der Waals surface area contributed by atoms with Crippen LogP contribution >= 0.6 is 23.2 Å². The minimum absolute atomic E-state index is 0.589. The normalized spacial score (nSPS) is 12.0. The Morgan fingerprint density at radius 1 is 0.347 bits per heavy atom. The van der Waals surface area contributed by atoms with Crippen molar-refractivity contribution < 1.29 is 0 Å². The van der Waals surface area contributed by atoms with Gasteiger partial charge in [0.2, 0.25) is 0 Å². The fourth-order valence-corrected chi connectivity index (χ4v) is 13.6. The van der Waals surface area contributed by atoms with E-state index in [0.29, 0.717) is 10.0 Å². The molecule has 14 aromatic rings. The molecule has 0 radical (unpaired) electrons. The van der Waals surface area contributed by atoms with Gasteiger partial charge in [-0.3, -0.25) is 0 Å². The van der Waals surface area contributed by atoms with E-state index in [0.717, 1.165) is 115 Å². The number of rotatable bonds is 6. The van der Waals surface area contributed by atoms with E-state index in [1.165, 1.54) is 55.6 Å². The van der Waals surface area contributed by atoms with Gasteiger partial charge in [0, 0.05) is 71.0 Å². The van der Waals surface area contributed by atoms with Crippen molar-refractivity contribution in [2.45, 2.75) is 41.5 Å². The molecular weight excluding hydrogens is 954 g/mol. The molecule has 0 spiro atoms. The lowest BCUT2D eigenvalue weighted by Gasteiger charge is -2.25. The number of hydrogen-bond donors (Lipinski definition) is 2. The summed E-state index contributed by atoms with van der Waals surface area (Å²) in [5.41, 5.74) is 24.9. The van der Waals surface area contributed by atoms with Crippen molar-refractivity contribution in [3.8, 4) is 61.3 Å². The number of nitrogens with one attached hydrogen (secondary N) is 2. The molecule has 11 aromatic carbocycles. The average molecular weight is 1010 g/mol. The van der Waals surface area contributed by atoms with Crippen molar-refractivity contribution in [2.24, 2.45) is 0 Å². The van der Waals surface area contributed by atoms with Crippen LogP contribution in [0.4, 0.5) is 0 Å². The summed E-state index contributed by atoms with van der Waals surface area (Å²) < 4.78 is 2.45. The number of aryl methyl sites for hydroxylation is 6. The third kappa shape index (κ3) is 6.74. The van der Waals surface area contributed by atoms with E-state index < -0.39 is 0 Å². The molecule has 14 rings (SSSR count). The maximum absolute atomic E-state index is 8.71. The molecule has 0 aliphatic carbocycles. The second-order valence-electron chi connectivity index (χ2n) is 20.7. The maximum atomic E-state index is 8.71.